The van der Waals surface area contributed by atoms with Crippen LogP contribution in [-0.2, 0) is 21.2 Å². The third-order valence-electron chi connectivity index (χ3n) is 4.90. The fourth-order valence-corrected chi connectivity index (χ4v) is 5.41. The monoisotopic (exact) mass is 422 g/mol. The number of sulfone groups is 1. The molecule has 1 saturated heterocycles. The van der Waals surface area contributed by atoms with E-state index < -0.39 is 9.84 Å². The maximum absolute atomic E-state index is 12.0. The molecule has 1 fully saturated rings. The summed E-state index contributed by atoms with van der Waals surface area (Å²) >= 11 is 6.23. The molecule has 0 unspecified atom stereocenters. The van der Waals surface area contributed by atoms with Gasteiger partial charge < -0.3 is 0 Å². The molecule has 1 aliphatic rings. The lowest BCUT2D eigenvalue weighted by Gasteiger charge is -2.07. The molecule has 2 aromatic rings. The van der Waals surface area contributed by atoms with Crippen molar-refractivity contribution >= 4 is 33.6 Å². The van der Waals surface area contributed by atoms with E-state index in [0.29, 0.717) is 18.0 Å². The molecule has 0 saturated carbocycles. The van der Waals surface area contributed by atoms with Crippen LogP contribution in [0.1, 0.15) is 35.4 Å². The van der Waals surface area contributed by atoms with Crippen LogP contribution in [0.2, 0.25) is 5.02 Å². The average molecular weight is 423 g/mol. The SMILES string of the molecule is Cc1nn(Cc2ccccc2Cl)c(C)c1/C=N\NC(=O)C[C@@H]1CCS(=O)(=O)C1. The van der Waals surface area contributed by atoms with E-state index in [1.807, 2.05) is 42.8 Å². The number of hydrogen-bond donors (Lipinski definition) is 1. The Bertz CT molecular complexity index is 1010. The number of nitrogens with zero attached hydrogens (tertiary/aromatic N) is 3. The number of nitrogens with one attached hydrogen (secondary N) is 1. The normalized spacial score (nSPS) is 18.6. The number of aromatic nitrogens is 2. The summed E-state index contributed by atoms with van der Waals surface area (Å²) < 4.78 is 24.8. The quantitative estimate of drug-likeness (QED) is 0.571. The Balaban J connectivity index is 1.62. The Kier molecular flexibility index (Phi) is 6.20. The lowest BCUT2D eigenvalue weighted by Crippen LogP contribution is -2.21. The van der Waals surface area contributed by atoms with E-state index >= 15 is 0 Å². The second-order valence-electron chi connectivity index (χ2n) is 7.10. The van der Waals surface area contributed by atoms with Crippen molar-refractivity contribution in [3.63, 3.8) is 0 Å². The van der Waals surface area contributed by atoms with E-state index in [1.54, 1.807) is 6.21 Å². The van der Waals surface area contributed by atoms with E-state index in [1.165, 1.54) is 0 Å². The molecule has 1 amide bonds. The van der Waals surface area contributed by atoms with Crippen molar-refractivity contribution in [2.75, 3.05) is 11.5 Å². The zero-order valence-electron chi connectivity index (χ0n) is 15.9. The number of carbonyl (C=O) groups excluding carboxylic acids is 1. The molecular weight excluding hydrogens is 400 g/mol. The summed E-state index contributed by atoms with van der Waals surface area (Å²) in [6.45, 7) is 4.36. The largest absolute Gasteiger partial charge is 0.273 e. The van der Waals surface area contributed by atoms with Crippen LogP contribution < -0.4 is 5.43 Å². The summed E-state index contributed by atoms with van der Waals surface area (Å²) in [5, 5.41) is 9.24. The number of hydrazone groups is 1. The Labute approximate surface area is 169 Å². The first-order valence-corrected chi connectivity index (χ1v) is 11.2. The van der Waals surface area contributed by atoms with Gasteiger partial charge in [-0.15, -0.1) is 0 Å². The molecule has 2 heterocycles. The maximum Gasteiger partial charge on any atom is 0.240 e. The van der Waals surface area contributed by atoms with E-state index in [0.717, 1.165) is 22.5 Å². The number of hydrogen-bond acceptors (Lipinski definition) is 5. The number of carbonyl (C=O) groups is 1. The molecule has 1 atom stereocenters. The van der Waals surface area contributed by atoms with E-state index in [-0.39, 0.29) is 29.8 Å². The Morgan fingerprint density at radius 2 is 2.14 bits per heavy atom. The third kappa shape index (κ3) is 4.99. The highest BCUT2D eigenvalue weighted by Crippen LogP contribution is 2.21. The van der Waals surface area contributed by atoms with Gasteiger partial charge in [-0.1, -0.05) is 29.8 Å². The van der Waals surface area contributed by atoms with Crippen molar-refractivity contribution < 1.29 is 13.2 Å². The molecule has 7 nitrogen and oxygen atoms in total. The minimum Gasteiger partial charge on any atom is -0.273 e. The molecule has 1 N–H and O–H groups in total. The van der Waals surface area contributed by atoms with Gasteiger partial charge in [0.1, 0.15) is 0 Å². The molecule has 1 aromatic carbocycles. The first-order valence-electron chi connectivity index (χ1n) is 9.05. The molecule has 1 aliphatic heterocycles. The van der Waals surface area contributed by atoms with Crippen molar-refractivity contribution in [3.05, 3.63) is 51.8 Å². The van der Waals surface area contributed by atoms with Gasteiger partial charge in [0.05, 0.1) is 30.0 Å². The molecule has 0 spiro atoms. The number of benzene rings is 1. The van der Waals surface area contributed by atoms with Gasteiger partial charge in [0.25, 0.3) is 0 Å². The molecule has 0 aliphatic carbocycles. The van der Waals surface area contributed by atoms with Gasteiger partial charge in [-0.25, -0.2) is 13.8 Å². The first kappa shape index (κ1) is 20.5. The lowest BCUT2D eigenvalue weighted by atomic mass is 10.1. The molecule has 9 heteroatoms. The van der Waals surface area contributed by atoms with E-state index in [9.17, 15) is 13.2 Å². The lowest BCUT2D eigenvalue weighted by molar-refractivity contribution is -0.121. The van der Waals surface area contributed by atoms with E-state index in [2.05, 4.69) is 15.6 Å². The van der Waals surface area contributed by atoms with Gasteiger partial charge >= 0.3 is 0 Å². The molecule has 28 heavy (non-hydrogen) atoms. The Hall–Kier alpha value is -2.19. The predicted octanol–water partition coefficient (Wildman–Crippen LogP) is 2.48. The first-order chi connectivity index (χ1) is 13.2. The summed E-state index contributed by atoms with van der Waals surface area (Å²) in [5.74, 6) is -0.159. The molecule has 150 valence electrons. The van der Waals surface area contributed by atoms with Crippen LogP contribution in [-0.4, -0.2) is 41.8 Å². The number of rotatable bonds is 6. The summed E-state index contributed by atoms with van der Waals surface area (Å²) in [6.07, 6.45) is 2.27. The van der Waals surface area contributed by atoms with Crippen LogP contribution in [0.3, 0.4) is 0 Å². The van der Waals surface area contributed by atoms with Crippen molar-refractivity contribution in [2.45, 2.75) is 33.2 Å². The van der Waals surface area contributed by atoms with E-state index in [4.69, 9.17) is 11.6 Å². The average Bonchev–Trinajstić information content (AvgIpc) is 3.09. The van der Waals surface area contributed by atoms with Gasteiger partial charge in [-0.05, 0) is 37.8 Å². The number of aryl methyl sites for hydroxylation is 1. The topological polar surface area (TPSA) is 93.4 Å². The van der Waals surface area contributed by atoms with Gasteiger partial charge in [-0.2, -0.15) is 10.2 Å². The predicted molar refractivity (Wildman–Crippen MR) is 109 cm³/mol. The van der Waals surface area contributed by atoms with Crippen molar-refractivity contribution in [3.8, 4) is 0 Å². The smallest absolute Gasteiger partial charge is 0.240 e. The Morgan fingerprint density at radius 3 is 2.82 bits per heavy atom. The minimum absolute atomic E-state index is 0.0805. The van der Waals surface area contributed by atoms with Crippen LogP contribution in [0.25, 0.3) is 0 Å². The zero-order valence-corrected chi connectivity index (χ0v) is 17.4. The standard InChI is InChI=1S/C19H23ClN4O3S/c1-13-17(10-21-22-19(25)9-15-7-8-28(26,27)12-15)14(2)24(23-13)11-16-5-3-4-6-18(16)20/h3-6,10,15H,7-9,11-12H2,1-2H3,(H,22,25)/b21-10-/t15-/m0/s1. The van der Waals surface area contributed by atoms with Gasteiger partial charge in [0.2, 0.25) is 5.91 Å². The zero-order chi connectivity index (χ0) is 20.3. The summed E-state index contributed by atoms with van der Waals surface area (Å²) in [5.41, 5.74) is 6.00. The number of halogens is 1. The van der Waals surface area contributed by atoms with Gasteiger partial charge in [-0.3, -0.25) is 9.48 Å². The van der Waals surface area contributed by atoms with Crippen LogP contribution >= 0.6 is 11.6 Å². The molecule has 0 radical (unpaired) electrons. The summed E-state index contributed by atoms with van der Waals surface area (Å²) in [4.78, 5) is 12.0. The second-order valence-corrected chi connectivity index (χ2v) is 9.74. The fourth-order valence-electron chi connectivity index (χ4n) is 3.35. The van der Waals surface area contributed by atoms with Crippen LogP contribution in [0, 0.1) is 19.8 Å². The van der Waals surface area contributed by atoms with Crippen molar-refractivity contribution in [1.82, 2.24) is 15.2 Å². The molecule has 1 aromatic heterocycles. The molecule has 0 bridgehead atoms. The second kappa shape index (κ2) is 8.45. The van der Waals surface area contributed by atoms with Gasteiger partial charge in [0.15, 0.2) is 9.84 Å². The van der Waals surface area contributed by atoms with Crippen molar-refractivity contribution in [2.24, 2.45) is 11.0 Å². The van der Waals surface area contributed by atoms with Crippen LogP contribution in [0.4, 0.5) is 0 Å². The maximum atomic E-state index is 12.0. The minimum atomic E-state index is -2.98. The number of amides is 1. The fraction of sp³-hybridized carbons (Fsp3) is 0.421. The third-order valence-corrected chi connectivity index (χ3v) is 7.10. The highest BCUT2D eigenvalue weighted by atomic mass is 35.5. The van der Waals surface area contributed by atoms with Crippen LogP contribution in [0.5, 0.6) is 0 Å². The molecule has 3 rings (SSSR count). The van der Waals surface area contributed by atoms with Crippen molar-refractivity contribution in [1.29, 1.82) is 0 Å². The highest BCUT2D eigenvalue weighted by Gasteiger charge is 2.29. The Morgan fingerprint density at radius 1 is 1.39 bits per heavy atom. The molecular formula is C19H23ClN4O3S. The summed E-state index contributed by atoms with van der Waals surface area (Å²) in [7, 11) is -2.98. The van der Waals surface area contributed by atoms with Gasteiger partial charge in [0, 0.05) is 22.7 Å². The van der Waals surface area contributed by atoms with Crippen LogP contribution in [0.15, 0.2) is 29.4 Å². The highest BCUT2D eigenvalue weighted by molar-refractivity contribution is 7.91. The summed E-state index contributed by atoms with van der Waals surface area (Å²) in [6, 6.07) is 7.61.